The van der Waals surface area contributed by atoms with Gasteiger partial charge in [-0.3, -0.25) is 4.79 Å². The second-order valence-electron chi connectivity index (χ2n) is 6.48. The molecular formula is C22H27NO6. The summed E-state index contributed by atoms with van der Waals surface area (Å²) in [5, 5.41) is 2.95. The van der Waals surface area contributed by atoms with E-state index >= 15 is 0 Å². The molecule has 1 aliphatic heterocycles. The minimum atomic E-state index is -0.233. The highest BCUT2D eigenvalue weighted by molar-refractivity contribution is 5.96. The highest BCUT2D eigenvalue weighted by Crippen LogP contribution is 2.49. The first-order valence-corrected chi connectivity index (χ1v) is 9.60. The number of ether oxygens (including phenoxy) is 5. The maximum absolute atomic E-state index is 12.5. The predicted octanol–water partition coefficient (Wildman–Crippen LogP) is 3.98. The Hall–Kier alpha value is -3.09. The lowest BCUT2D eigenvalue weighted by Crippen LogP contribution is -2.24. The summed E-state index contributed by atoms with van der Waals surface area (Å²) in [6, 6.07) is 7.48. The van der Waals surface area contributed by atoms with Gasteiger partial charge in [0.15, 0.2) is 23.0 Å². The highest BCUT2D eigenvalue weighted by atomic mass is 16.5. The third-order valence-corrected chi connectivity index (χ3v) is 4.86. The van der Waals surface area contributed by atoms with Crippen LogP contribution in [0.3, 0.4) is 0 Å². The second kappa shape index (κ2) is 8.94. The minimum absolute atomic E-state index is 0.0778. The first-order chi connectivity index (χ1) is 14.1. The van der Waals surface area contributed by atoms with Gasteiger partial charge in [0, 0.05) is 29.7 Å². The third-order valence-electron chi connectivity index (χ3n) is 4.86. The smallest absolute Gasteiger partial charge is 0.225 e. The molecule has 7 heteroatoms. The van der Waals surface area contributed by atoms with Gasteiger partial charge < -0.3 is 29.0 Å². The number of anilines is 1. The maximum Gasteiger partial charge on any atom is 0.225 e. The number of nitrogens with one attached hydrogen (secondary N) is 1. The summed E-state index contributed by atoms with van der Waals surface area (Å²) >= 11 is 0. The first kappa shape index (κ1) is 20.6. The Morgan fingerprint density at radius 2 is 1.52 bits per heavy atom. The molecular weight excluding hydrogens is 374 g/mol. The Kier molecular flexibility index (Phi) is 6.36. The van der Waals surface area contributed by atoms with Crippen LogP contribution >= 0.6 is 0 Å². The lowest BCUT2D eigenvalue weighted by molar-refractivity contribution is -0.116. The van der Waals surface area contributed by atoms with Crippen LogP contribution < -0.4 is 29.0 Å². The van der Waals surface area contributed by atoms with Gasteiger partial charge in [0.1, 0.15) is 0 Å². The van der Waals surface area contributed by atoms with E-state index in [9.17, 15) is 4.79 Å². The fourth-order valence-corrected chi connectivity index (χ4v) is 3.68. The summed E-state index contributed by atoms with van der Waals surface area (Å²) in [7, 11) is 4.71. The number of carbonyl (C=O) groups excluding carboxylic acids is 1. The molecule has 0 aromatic heterocycles. The maximum atomic E-state index is 12.5. The molecule has 0 spiro atoms. The van der Waals surface area contributed by atoms with Crippen molar-refractivity contribution in [2.24, 2.45) is 0 Å². The van der Waals surface area contributed by atoms with Crippen LogP contribution in [0.25, 0.3) is 0 Å². The van der Waals surface area contributed by atoms with E-state index in [4.69, 9.17) is 23.7 Å². The number of amides is 1. The number of hydrogen-bond acceptors (Lipinski definition) is 6. The van der Waals surface area contributed by atoms with Gasteiger partial charge in [-0.15, -0.1) is 0 Å². The second-order valence-corrected chi connectivity index (χ2v) is 6.48. The monoisotopic (exact) mass is 401 g/mol. The molecule has 0 fully saturated rings. The molecule has 0 radical (unpaired) electrons. The number of benzene rings is 2. The number of methoxy groups -OCH3 is 3. The van der Waals surface area contributed by atoms with Gasteiger partial charge in [-0.2, -0.15) is 0 Å². The standard InChI is InChI=1S/C22H27NO6/c1-6-28-18-10-15-14(11-20(24)23-16(15)12-19(18)29-7-2)13-8-9-17(25-3)22(27-5)21(13)26-4/h8-10,12,14H,6-7,11H2,1-5H3,(H,23,24)/t14-/m1/s1. The van der Waals surface area contributed by atoms with Gasteiger partial charge in [0.05, 0.1) is 34.5 Å². The van der Waals surface area contributed by atoms with Crippen molar-refractivity contribution in [1.29, 1.82) is 0 Å². The van der Waals surface area contributed by atoms with Gasteiger partial charge in [-0.1, -0.05) is 6.07 Å². The summed E-state index contributed by atoms with van der Waals surface area (Å²) in [6.07, 6.45) is 0.276. The summed E-state index contributed by atoms with van der Waals surface area (Å²) < 4.78 is 28.1. The van der Waals surface area contributed by atoms with Crippen LogP contribution in [0.5, 0.6) is 28.7 Å². The summed E-state index contributed by atoms with van der Waals surface area (Å²) in [5.41, 5.74) is 2.48. The molecule has 0 saturated heterocycles. The molecule has 1 amide bonds. The zero-order valence-electron chi connectivity index (χ0n) is 17.5. The van der Waals surface area contributed by atoms with E-state index in [1.807, 2.05) is 38.1 Å². The van der Waals surface area contributed by atoms with Crippen molar-refractivity contribution >= 4 is 11.6 Å². The molecule has 1 heterocycles. The highest BCUT2D eigenvalue weighted by Gasteiger charge is 2.32. The van der Waals surface area contributed by atoms with Crippen LogP contribution in [0.4, 0.5) is 5.69 Å². The lowest BCUT2D eigenvalue weighted by atomic mass is 9.83. The van der Waals surface area contributed by atoms with Crippen LogP contribution in [0.1, 0.15) is 37.3 Å². The topological polar surface area (TPSA) is 75.2 Å². The van der Waals surface area contributed by atoms with E-state index in [2.05, 4.69) is 5.32 Å². The molecule has 1 atom stereocenters. The SMILES string of the molecule is CCOc1cc2c(cc1OCC)[C@@H](c1ccc(OC)c(OC)c1OC)CC(=O)N2. The molecule has 0 aliphatic carbocycles. The number of hydrogen-bond donors (Lipinski definition) is 1. The van der Waals surface area contributed by atoms with E-state index in [1.54, 1.807) is 21.3 Å². The molecule has 1 N–H and O–H groups in total. The molecule has 2 aromatic carbocycles. The lowest BCUT2D eigenvalue weighted by Gasteiger charge is -2.29. The van der Waals surface area contributed by atoms with Crippen molar-refractivity contribution < 1.29 is 28.5 Å². The Balaban J connectivity index is 2.18. The largest absolute Gasteiger partial charge is 0.493 e. The Morgan fingerprint density at radius 3 is 2.10 bits per heavy atom. The van der Waals surface area contributed by atoms with Crippen molar-refractivity contribution in [2.75, 3.05) is 39.9 Å². The minimum Gasteiger partial charge on any atom is -0.493 e. The number of rotatable bonds is 8. The summed E-state index contributed by atoms with van der Waals surface area (Å²) in [5.74, 6) is 2.55. The van der Waals surface area contributed by atoms with Crippen molar-refractivity contribution in [3.05, 3.63) is 35.4 Å². The molecule has 1 aliphatic rings. The van der Waals surface area contributed by atoms with Crippen LogP contribution in [0.15, 0.2) is 24.3 Å². The fourth-order valence-electron chi connectivity index (χ4n) is 3.68. The summed E-state index contributed by atoms with van der Waals surface area (Å²) in [4.78, 5) is 12.5. The van der Waals surface area contributed by atoms with Crippen LogP contribution in [0.2, 0.25) is 0 Å². The Bertz CT molecular complexity index is 895. The van der Waals surface area contributed by atoms with Gasteiger partial charge in [-0.25, -0.2) is 0 Å². The van der Waals surface area contributed by atoms with Gasteiger partial charge in [0.2, 0.25) is 11.7 Å². The molecule has 7 nitrogen and oxygen atoms in total. The average molecular weight is 401 g/mol. The van der Waals surface area contributed by atoms with E-state index in [0.29, 0.717) is 47.6 Å². The van der Waals surface area contributed by atoms with E-state index in [1.165, 1.54) is 0 Å². The molecule has 3 rings (SSSR count). The molecule has 2 aromatic rings. The first-order valence-electron chi connectivity index (χ1n) is 9.60. The van der Waals surface area contributed by atoms with Crippen molar-refractivity contribution in [2.45, 2.75) is 26.2 Å². The third kappa shape index (κ3) is 3.90. The molecule has 29 heavy (non-hydrogen) atoms. The van der Waals surface area contributed by atoms with Gasteiger partial charge in [-0.05, 0) is 31.5 Å². The van der Waals surface area contributed by atoms with Gasteiger partial charge >= 0.3 is 0 Å². The van der Waals surface area contributed by atoms with E-state index in [0.717, 1.165) is 11.1 Å². The van der Waals surface area contributed by atoms with Crippen molar-refractivity contribution in [3.8, 4) is 28.7 Å². The molecule has 0 saturated carbocycles. The van der Waals surface area contributed by atoms with Crippen molar-refractivity contribution in [3.63, 3.8) is 0 Å². The van der Waals surface area contributed by atoms with E-state index in [-0.39, 0.29) is 18.2 Å². The predicted molar refractivity (Wildman–Crippen MR) is 110 cm³/mol. The van der Waals surface area contributed by atoms with Crippen molar-refractivity contribution in [1.82, 2.24) is 0 Å². The van der Waals surface area contributed by atoms with Crippen LogP contribution in [0, 0.1) is 0 Å². The Labute approximate surface area is 170 Å². The molecule has 156 valence electrons. The summed E-state index contributed by atoms with van der Waals surface area (Å²) in [6.45, 7) is 4.84. The average Bonchev–Trinajstić information content (AvgIpc) is 2.72. The van der Waals surface area contributed by atoms with Crippen LogP contribution in [-0.2, 0) is 4.79 Å². The normalized spacial score (nSPS) is 15.2. The van der Waals surface area contributed by atoms with E-state index < -0.39 is 0 Å². The number of fused-ring (bicyclic) bond motifs is 1. The van der Waals surface area contributed by atoms with Crippen LogP contribution in [-0.4, -0.2) is 40.5 Å². The molecule has 0 bridgehead atoms. The quantitative estimate of drug-likeness (QED) is 0.721. The number of carbonyl (C=O) groups is 1. The zero-order valence-corrected chi connectivity index (χ0v) is 17.5. The molecule has 0 unspecified atom stereocenters. The Morgan fingerprint density at radius 1 is 0.862 bits per heavy atom. The fraction of sp³-hybridized carbons (Fsp3) is 0.409. The zero-order chi connectivity index (χ0) is 21.0. The van der Waals surface area contributed by atoms with Gasteiger partial charge in [0.25, 0.3) is 0 Å².